The average Bonchev–Trinajstić information content (AvgIpc) is 3.34. The van der Waals surface area contributed by atoms with E-state index in [0.29, 0.717) is 22.9 Å². The van der Waals surface area contributed by atoms with Crippen LogP contribution in [-0.4, -0.2) is 32.6 Å². The van der Waals surface area contributed by atoms with Crippen LogP contribution in [0.5, 0.6) is 0 Å². The number of aromatic nitrogens is 3. The van der Waals surface area contributed by atoms with Crippen LogP contribution < -0.4 is 10.6 Å². The van der Waals surface area contributed by atoms with E-state index in [0.717, 1.165) is 36.8 Å². The summed E-state index contributed by atoms with van der Waals surface area (Å²) in [6.45, 7) is 0.110. The second-order valence-electron chi connectivity index (χ2n) is 9.08. The number of hydrogen-bond acceptors (Lipinski definition) is 4. The molecule has 0 saturated heterocycles. The largest absolute Gasteiger partial charge is 0.352 e. The highest BCUT2D eigenvalue weighted by atomic mass is 16.2. The molecule has 182 valence electrons. The molecular formula is C29H29N5O2. The summed E-state index contributed by atoms with van der Waals surface area (Å²) in [5.74, 6) is 0.960. The fraction of sp³-hybridized carbons (Fsp3) is 0.241. The highest BCUT2D eigenvalue weighted by Gasteiger charge is 2.19. The molecule has 0 spiro atoms. The lowest BCUT2D eigenvalue weighted by molar-refractivity contribution is -0.122. The molecule has 3 aromatic carbocycles. The van der Waals surface area contributed by atoms with E-state index in [-0.39, 0.29) is 24.4 Å². The molecule has 7 nitrogen and oxygen atoms in total. The molecule has 4 aromatic rings. The van der Waals surface area contributed by atoms with Crippen LogP contribution in [0.2, 0.25) is 0 Å². The first-order valence-corrected chi connectivity index (χ1v) is 12.4. The van der Waals surface area contributed by atoms with Crippen molar-refractivity contribution in [3.05, 3.63) is 90.5 Å². The number of carbonyl (C=O) groups excluding carboxylic acids is 2. The first-order chi connectivity index (χ1) is 17.7. The van der Waals surface area contributed by atoms with Gasteiger partial charge in [0.15, 0.2) is 11.6 Å². The van der Waals surface area contributed by atoms with Crippen molar-refractivity contribution in [1.29, 1.82) is 0 Å². The molecule has 1 aliphatic carbocycles. The smallest absolute Gasteiger partial charge is 0.255 e. The normalized spacial score (nSPS) is 13.8. The van der Waals surface area contributed by atoms with E-state index in [2.05, 4.69) is 15.7 Å². The Hall–Kier alpha value is -4.26. The monoisotopic (exact) mass is 479 g/mol. The molecule has 2 amide bonds. The van der Waals surface area contributed by atoms with Gasteiger partial charge in [-0.25, -0.2) is 9.67 Å². The molecule has 0 radical (unpaired) electrons. The lowest BCUT2D eigenvalue weighted by Gasteiger charge is -2.22. The van der Waals surface area contributed by atoms with Crippen molar-refractivity contribution in [2.45, 2.75) is 44.7 Å². The molecule has 5 rings (SSSR count). The molecule has 0 unspecified atom stereocenters. The highest BCUT2D eigenvalue weighted by molar-refractivity contribution is 6.04. The van der Waals surface area contributed by atoms with E-state index in [1.54, 1.807) is 16.8 Å². The average molecular weight is 480 g/mol. The number of nitrogens with zero attached hydrogens (tertiary/aromatic N) is 3. The minimum Gasteiger partial charge on any atom is -0.352 e. The highest BCUT2D eigenvalue weighted by Crippen LogP contribution is 2.24. The van der Waals surface area contributed by atoms with Gasteiger partial charge in [0.05, 0.1) is 0 Å². The topological polar surface area (TPSA) is 88.9 Å². The van der Waals surface area contributed by atoms with Crippen LogP contribution in [0, 0.1) is 0 Å². The summed E-state index contributed by atoms with van der Waals surface area (Å²) < 4.78 is 1.67. The van der Waals surface area contributed by atoms with Gasteiger partial charge in [-0.3, -0.25) is 9.59 Å². The predicted octanol–water partition coefficient (Wildman–Crippen LogP) is 5.31. The molecule has 2 N–H and O–H groups in total. The summed E-state index contributed by atoms with van der Waals surface area (Å²) in [4.78, 5) is 30.0. The van der Waals surface area contributed by atoms with Gasteiger partial charge in [0.2, 0.25) is 5.91 Å². The maximum absolute atomic E-state index is 12.8. The van der Waals surface area contributed by atoms with Crippen LogP contribution in [-0.2, 0) is 11.3 Å². The lowest BCUT2D eigenvalue weighted by Crippen LogP contribution is -2.38. The number of amides is 2. The van der Waals surface area contributed by atoms with E-state index in [4.69, 9.17) is 4.98 Å². The van der Waals surface area contributed by atoms with Gasteiger partial charge < -0.3 is 10.6 Å². The maximum Gasteiger partial charge on any atom is 0.255 e. The number of anilines is 1. The zero-order valence-electron chi connectivity index (χ0n) is 20.1. The molecule has 1 heterocycles. The molecule has 0 bridgehead atoms. The molecule has 1 aromatic heterocycles. The van der Waals surface area contributed by atoms with E-state index >= 15 is 0 Å². The van der Waals surface area contributed by atoms with Crippen molar-refractivity contribution in [2.24, 2.45) is 0 Å². The van der Waals surface area contributed by atoms with Gasteiger partial charge in [0.1, 0.15) is 6.54 Å². The fourth-order valence-electron chi connectivity index (χ4n) is 4.53. The standard InChI is InChI=1S/C29H29N5O2/c35-26(30-24-14-8-3-9-15-24)20-34-28(22-10-4-1-5-11-22)32-27(33-34)21-16-18-25(19-17-21)31-29(36)23-12-6-2-7-13-23/h1-2,4-7,10-13,16-19,24H,3,8-9,14-15,20H2,(H,30,35)(H,31,36). The lowest BCUT2D eigenvalue weighted by atomic mass is 9.95. The van der Waals surface area contributed by atoms with E-state index in [1.165, 1.54) is 6.42 Å². The van der Waals surface area contributed by atoms with E-state index in [9.17, 15) is 9.59 Å². The van der Waals surface area contributed by atoms with Crippen molar-refractivity contribution < 1.29 is 9.59 Å². The summed E-state index contributed by atoms with van der Waals surface area (Å²) in [5.41, 5.74) is 2.98. The summed E-state index contributed by atoms with van der Waals surface area (Å²) in [6.07, 6.45) is 5.64. The van der Waals surface area contributed by atoms with Crippen molar-refractivity contribution in [3.8, 4) is 22.8 Å². The zero-order chi connectivity index (χ0) is 24.7. The van der Waals surface area contributed by atoms with Crippen molar-refractivity contribution in [1.82, 2.24) is 20.1 Å². The first-order valence-electron chi connectivity index (χ1n) is 12.4. The second-order valence-corrected chi connectivity index (χ2v) is 9.08. The van der Waals surface area contributed by atoms with Gasteiger partial charge in [-0.05, 0) is 49.2 Å². The second kappa shape index (κ2) is 11.0. The number of carbonyl (C=O) groups is 2. The minimum absolute atomic E-state index is 0.0468. The third kappa shape index (κ3) is 5.68. The molecule has 7 heteroatoms. The van der Waals surface area contributed by atoms with Crippen LogP contribution >= 0.6 is 0 Å². The predicted molar refractivity (Wildman–Crippen MR) is 140 cm³/mol. The molecule has 0 aliphatic heterocycles. The third-order valence-electron chi connectivity index (χ3n) is 6.40. The number of benzene rings is 3. The fourth-order valence-corrected chi connectivity index (χ4v) is 4.53. The Balaban J connectivity index is 1.35. The van der Waals surface area contributed by atoms with Crippen LogP contribution in [0.15, 0.2) is 84.9 Å². The van der Waals surface area contributed by atoms with E-state index < -0.39 is 0 Å². The summed E-state index contributed by atoms with van der Waals surface area (Å²) in [6, 6.07) is 26.5. The van der Waals surface area contributed by atoms with Gasteiger partial charge in [-0.15, -0.1) is 5.10 Å². The van der Waals surface area contributed by atoms with Crippen LogP contribution in [0.1, 0.15) is 42.5 Å². The van der Waals surface area contributed by atoms with Gasteiger partial charge in [0, 0.05) is 28.4 Å². The van der Waals surface area contributed by atoms with Crippen molar-refractivity contribution in [3.63, 3.8) is 0 Å². The molecule has 0 atom stereocenters. The Labute approximate surface area is 210 Å². The Morgan fingerprint density at radius 2 is 1.47 bits per heavy atom. The molecule has 1 aliphatic rings. The SMILES string of the molecule is O=C(Cn1nc(-c2ccc(NC(=O)c3ccccc3)cc2)nc1-c1ccccc1)NC1CCCCC1. The number of rotatable bonds is 7. The number of nitrogens with one attached hydrogen (secondary N) is 2. The van der Waals surface area contributed by atoms with Gasteiger partial charge >= 0.3 is 0 Å². The molecule has 1 saturated carbocycles. The Kier molecular flexibility index (Phi) is 7.17. The molecular weight excluding hydrogens is 450 g/mol. The Morgan fingerprint density at radius 3 is 2.17 bits per heavy atom. The quantitative estimate of drug-likeness (QED) is 0.376. The first kappa shape index (κ1) is 23.5. The summed E-state index contributed by atoms with van der Waals surface area (Å²) in [7, 11) is 0. The van der Waals surface area contributed by atoms with Crippen LogP contribution in [0.25, 0.3) is 22.8 Å². The Bertz CT molecular complexity index is 1310. The van der Waals surface area contributed by atoms with Gasteiger partial charge in [0.25, 0.3) is 5.91 Å². The third-order valence-corrected chi connectivity index (χ3v) is 6.40. The van der Waals surface area contributed by atoms with Crippen LogP contribution in [0.3, 0.4) is 0 Å². The molecule has 36 heavy (non-hydrogen) atoms. The Morgan fingerprint density at radius 1 is 0.806 bits per heavy atom. The molecule has 1 fully saturated rings. The zero-order valence-corrected chi connectivity index (χ0v) is 20.1. The summed E-state index contributed by atoms with van der Waals surface area (Å²) >= 11 is 0. The number of hydrogen-bond donors (Lipinski definition) is 2. The van der Waals surface area contributed by atoms with Gasteiger partial charge in [-0.2, -0.15) is 0 Å². The van der Waals surface area contributed by atoms with Crippen molar-refractivity contribution in [2.75, 3.05) is 5.32 Å². The minimum atomic E-state index is -0.166. The maximum atomic E-state index is 12.8. The summed E-state index contributed by atoms with van der Waals surface area (Å²) in [5, 5.41) is 10.8. The van der Waals surface area contributed by atoms with Gasteiger partial charge in [-0.1, -0.05) is 67.8 Å². The van der Waals surface area contributed by atoms with Crippen LogP contribution in [0.4, 0.5) is 5.69 Å². The van der Waals surface area contributed by atoms with Crippen molar-refractivity contribution >= 4 is 17.5 Å². The van der Waals surface area contributed by atoms with E-state index in [1.807, 2.05) is 72.8 Å².